The van der Waals surface area contributed by atoms with Gasteiger partial charge in [0.25, 0.3) is 0 Å². The molecule has 0 radical (unpaired) electrons. The highest BCUT2D eigenvalue weighted by atomic mass is 16.3. The van der Waals surface area contributed by atoms with Crippen LogP contribution in [0, 0.1) is 41.4 Å². The van der Waals surface area contributed by atoms with Crippen LogP contribution < -0.4 is 0 Å². The molecule has 0 heterocycles. The van der Waals surface area contributed by atoms with Gasteiger partial charge in [-0.1, -0.05) is 55.3 Å². The van der Waals surface area contributed by atoms with Gasteiger partial charge in [-0.05, 0) is 111 Å². The first-order valence-electron chi connectivity index (χ1n) is 12.9. The van der Waals surface area contributed by atoms with Crippen LogP contribution in [0.2, 0.25) is 0 Å². The Morgan fingerprint density at radius 3 is 2.55 bits per heavy atom. The van der Waals surface area contributed by atoms with Crippen molar-refractivity contribution in [2.75, 3.05) is 0 Å². The van der Waals surface area contributed by atoms with Crippen molar-refractivity contribution < 1.29 is 10.2 Å². The summed E-state index contributed by atoms with van der Waals surface area (Å²) in [6.07, 6.45) is 13.4. The number of aliphatic hydroxyl groups excluding tert-OH is 2. The Bertz CT molecular complexity index is 826. The molecular formula is C29H42O2. The molecule has 2 nitrogen and oxygen atoms in total. The summed E-state index contributed by atoms with van der Waals surface area (Å²) in [6, 6.07) is 8.82. The van der Waals surface area contributed by atoms with E-state index in [0.717, 1.165) is 49.9 Å². The highest BCUT2D eigenvalue weighted by Gasteiger charge is 2.59. The molecule has 0 amide bonds. The maximum absolute atomic E-state index is 11.3. The molecule has 0 bridgehead atoms. The predicted molar refractivity (Wildman–Crippen MR) is 127 cm³/mol. The molecule has 0 spiro atoms. The Morgan fingerprint density at radius 2 is 1.77 bits per heavy atom. The second-order valence-corrected chi connectivity index (χ2v) is 12.0. The quantitative estimate of drug-likeness (QED) is 0.565. The van der Waals surface area contributed by atoms with Crippen molar-refractivity contribution >= 4 is 0 Å². The molecule has 4 aliphatic carbocycles. The Kier molecular flexibility index (Phi) is 5.62. The van der Waals surface area contributed by atoms with E-state index in [2.05, 4.69) is 51.1 Å². The molecule has 4 aliphatic rings. The molecule has 3 fully saturated rings. The van der Waals surface area contributed by atoms with E-state index in [-0.39, 0.29) is 12.2 Å². The molecule has 1 aromatic rings. The zero-order valence-corrected chi connectivity index (χ0v) is 19.8. The van der Waals surface area contributed by atoms with E-state index in [0.29, 0.717) is 16.7 Å². The van der Waals surface area contributed by atoms with Crippen molar-refractivity contribution in [3.05, 3.63) is 47.0 Å². The van der Waals surface area contributed by atoms with Gasteiger partial charge in [-0.25, -0.2) is 0 Å². The molecule has 2 heteroatoms. The van der Waals surface area contributed by atoms with Gasteiger partial charge in [-0.3, -0.25) is 0 Å². The zero-order valence-electron chi connectivity index (χ0n) is 19.8. The van der Waals surface area contributed by atoms with Crippen molar-refractivity contribution in [3.8, 4) is 0 Å². The fourth-order valence-electron chi connectivity index (χ4n) is 8.58. The van der Waals surface area contributed by atoms with Crippen molar-refractivity contribution in [3.63, 3.8) is 0 Å². The van der Waals surface area contributed by atoms with Crippen LogP contribution >= 0.6 is 0 Å². The van der Waals surface area contributed by atoms with Gasteiger partial charge in [0.15, 0.2) is 0 Å². The van der Waals surface area contributed by atoms with Gasteiger partial charge in [0.1, 0.15) is 0 Å². The fraction of sp³-hybridized carbons (Fsp3) is 0.724. The van der Waals surface area contributed by atoms with Crippen LogP contribution in [0.4, 0.5) is 0 Å². The highest BCUT2D eigenvalue weighted by molar-refractivity contribution is 5.26. The molecule has 0 unspecified atom stereocenters. The molecule has 2 N–H and O–H groups in total. The van der Waals surface area contributed by atoms with Crippen LogP contribution in [0.15, 0.2) is 35.9 Å². The molecule has 31 heavy (non-hydrogen) atoms. The number of rotatable bonds is 4. The van der Waals surface area contributed by atoms with Crippen LogP contribution in [0.3, 0.4) is 0 Å². The van der Waals surface area contributed by atoms with Crippen LogP contribution in [0.5, 0.6) is 0 Å². The monoisotopic (exact) mass is 422 g/mol. The standard InChI is InChI=1S/C29H42O2/c1-19-4-6-20(7-5-19)8-13-27(31)26-12-11-24-23-10-9-21-18-22(30)14-16-28(21,2)25(23)15-17-29(24,26)3/h4-7,9,22-27,30-31H,8,10-18H2,1-3H3/t22-,23-,24-,25-,26+,27+,28-,29-/m0/s1. The van der Waals surface area contributed by atoms with E-state index in [1.54, 1.807) is 5.57 Å². The number of aliphatic hydroxyl groups is 2. The third-order valence-corrected chi connectivity index (χ3v) is 10.5. The minimum atomic E-state index is -0.178. The maximum Gasteiger partial charge on any atom is 0.0577 e. The highest BCUT2D eigenvalue weighted by Crippen LogP contribution is 2.66. The van der Waals surface area contributed by atoms with Gasteiger partial charge in [-0.15, -0.1) is 0 Å². The van der Waals surface area contributed by atoms with Crippen LogP contribution in [0.25, 0.3) is 0 Å². The summed E-state index contributed by atoms with van der Waals surface area (Å²) in [5.41, 5.74) is 4.82. The topological polar surface area (TPSA) is 40.5 Å². The van der Waals surface area contributed by atoms with Crippen LogP contribution in [-0.2, 0) is 6.42 Å². The van der Waals surface area contributed by atoms with Gasteiger partial charge in [0.2, 0.25) is 0 Å². The van der Waals surface area contributed by atoms with E-state index in [1.165, 1.54) is 43.2 Å². The van der Waals surface area contributed by atoms with E-state index in [9.17, 15) is 10.2 Å². The van der Waals surface area contributed by atoms with E-state index in [1.807, 2.05) is 0 Å². The van der Waals surface area contributed by atoms with E-state index in [4.69, 9.17) is 0 Å². The molecule has 5 rings (SSSR count). The number of aryl methyl sites for hydroxylation is 2. The minimum Gasteiger partial charge on any atom is -0.393 e. The van der Waals surface area contributed by atoms with Crippen LogP contribution in [0.1, 0.15) is 82.8 Å². The van der Waals surface area contributed by atoms with Crippen molar-refractivity contribution in [1.82, 2.24) is 0 Å². The molecule has 0 saturated heterocycles. The Labute approximate surface area is 189 Å². The summed E-state index contributed by atoms with van der Waals surface area (Å²) < 4.78 is 0. The minimum absolute atomic E-state index is 0.121. The molecular weight excluding hydrogens is 380 g/mol. The maximum atomic E-state index is 11.3. The SMILES string of the molecule is Cc1ccc(CC[C@@H](O)[C@H]2CC[C@H]3[C@@H]4CC=C5C[C@@H](O)CC[C@]5(C)[C@H]4CC[C@]23C)cc1. The second-order valence-electron chi connectivity index (χ2n) is 12.0. The molecule has 170 valence electrons. The van der Waals surface area contributed by atoms with Crippen molar-refractivity contribution in [2.45, 2.75) is 97.2 Å². The average molecular weight is 423 g/mol. The lowest BCUT2D eigenvalue weighted by Crippen LogP contribution is -2.51. The Hall–Kier alpha value is -1.12. The summed E-state index contributed by atoms with van der Waals surface area (Å²) >= 11 is 0. The lowest BCUT2D eigenvalue weighted by Gasteiger charge is -2.58. The van der Waals surface area contributed by atoms with Gasteiger partial charge < -0.3 is 10.2 Å². The Balaban J connectivity index is 1.30. The smallest absolute Gasteiger partial charge is 0.0577 e. The largest absolute Gasteiger partial charge is 0.393 e. The third-order valence-electron chi connectivity index (χ3n) is 10.5. The molecule has 3 saturated carbocycles. The second kappa shape index (κ2) is 8.03. The molecule has 8 atom stereocenters. The summed E-state index contributed by atoms with van der Waals surface area (Å²) in [4.78, 5) is 0. The lowest BCUT2D eigenvalue weighted by molar-refractivity contribution is -0.0713. The lowest BCUT2D eigenvalue weighted by atomic mass is 9.47. The van der Waals surface area contributed by atoms with E-state index < -0.39 is 0 Å². The number of fused-ring (bicyclic) bond motifs is 5. The van der Waals surface area contributed by atoms with E-state index >= 15 is 0 Å². The van der Waals surface area contributed by atoms with Crippen molar-refractivity contribution in [1.29, 1.82) is 0 Å². The molecule has 0 aliphatic heterocycles. The fourth-order valence-corrected chi connectivity index (χ4v) is 8.58. The number of allylic oxidation sites excluding steroid dienone is 1. The van der Waals surface area contributed by atoms with Gasteiger partial charge >= 0.3 is 0 Å². The van der Waals surface area contributed by atoms with Crippen LogP contribution in [-0.4, -0.2) is 22.4 Å². The van der Waals surface area contributed by atoms with Crippen molar-refractivity contribution in [2.24, 2.45) is 34.5 Å². The predicted octanol–water partition coefficient (Wildman–Crippen LogP) is 6.23. The summed E-state index contributed by atoms with van der Waals surface area (Å²) in [7, 11) is 0. The number of hydrogen-bond acceptors (Lipinski definition) is 2. The number of hydrogen-bond donors (Lipinski definition) is 2. The van der Waals surface area contributed by atoms with Gasteiger partial charge in [0, 0.05) is 0 Å². The summed E-state index contributed by atoms with van der Waals surface area (Å²) in [5.74, 6) is 2.76. The average Bonchev–Trinajstić information content (AvgIpc) is 3.11. The number of benzene rings is 1. The first-order valence-corrected chi connectivity index (χ1v) is 12.9. The molecule has 0 aromatic heterocycles. The first-order chi connectivity index (χ1) is 14.8. The molecule has 1 aromatic carbocycles. The Morgan fingerprint density at radius 1 is 1.00 bits per heavy atom. The third kappa shape index (κ3) is 3.62. The normalized spacial score (nSPS) is 42.9. The van der Waals surface area contributed by atoms with Gasteiger partial charge in [-0.2, -0.15) is 0 Å². The zero-order chi connectivity index (χ0) is 21.8. The summed E-state index contributed by atoms with van der Waals surface area (Å²) in [6.45, 7) is 7.16. The first kappa shape index (κ1) is 21.7. The summed E-state index contributed by atoms with van der Waals surface area (Å²) in [5, 5.41) is 21.5. The van der Waals surface area contributed by atoms with Gasteiger partial charge in [0.05, 0.1) is 12.2 Å².